The highest BCUT2D eigenvalue weighted by molar-refractivity contribution is 7.10. The molecule has 23 heavy (non-hydrogen) atoms. The van der Waals surface area contributed by atoms with E-state index in [0.29, 0.717) is 24.9 Å². The lowest BCUT2D eigenvalue weighted by molar-refractivity contribution is -0.120. The highest BCUT2D eigenvalue weighted by Crippen LogP contribution is 2.29. The van der Waals surface area contributed by atoms with Gasteiger partial charge in [-0.15, -0.1) is 11.3 Å². The van der Waals surface area contributed by atoms with Gasteiger partial charge in [-0.05, 0) is 35.2 Å². The molecule has 1 aliphatic heterocycles. The third kappa shape index (κ3) is 3.71. The van der Waals surface area contributed by atoms with Crippen molar-refractivity contribution in [1.29, 1.82) is 0 Å². The minimum absolute atomic E-state index is 0.0118. The first-order valence-corrected chi connectivity index (χ1v) is 8.20. The summed E-state index contributed by atoms with van der Waals surface area (Å²) in [5.74, 6) is 0.387. The molecule has 1 aromatic carbocycles. The van der Waals surface area contributed by atoms with Crippen LogP contribution in [0.15, 0.2) is 35.7 Å². The van der Waals surface area contributed by atoms with Crippen LogP contribution in [0.4, 0.5) is 0 Å². The maximum Gasteiger partial charge on any atom is 0.337 e. The van der Waals surface area contributed by atoms with Gasteiger partial charge in [-0.3, -0.25) is 4.79 Å². The Labute approximate surface area is 138 Å². The van der Waals surface area contributed by atoms with Crippen LogP contribution >= 0.6 is 11.3 Å². The summed E-state index contributed by atoms with van der Waals surface area (Å²) in [6, 6.07) is 9.12. The van der Waals surface area contributed by atoms with Crippen LogP contribution in [0.2, 0.25) is 0 Å². The van der Waals surface area contributed by atoms with E-state index in [0.717, 1.165) is 16.2 Å². The number of fused-ring (bicyclic) bond motifs is 1. The largest absolute Gasteiger partial charge is 0.488 e. The lowest BCUT2D eigenvalue weighted by atomic mass is 10.1. The van der Waals surface area contributed by atoms with E-state index in [1.165, 1.54) is 7.11 Å². The molecule has 2 heterocycles. The number of thiophene rings is 1. The second-order valence-corrected chi connectivity index (χ2v) is 6.35. The number of nitrogens with one attached hydrogen (secondary N) is 1. The van der Waals surface area contributed by atoms with Crippen LogP contribution in [0.1, 0.15) is 20.8 Å². The van der Waals surface area contributed by atoms with Gasteiger partial charge < -0.3 is 14.8 Å². The van der Waals surface area contributed by atoms with Gasteiger partial charge in [0.2, 0.25) is 5.91 Å². The number of hydrogen-bond donors (Lipinski definition) is 1. The van der Waals surface area contributed by atoms with Crippen molar-refractivity contribution in [2.75, 3.05) is 13.7 Å². The summed E-state index contributed by atoms with van der Waals surface area (Å²) < 4.78 is 10.5. The van der Waals surface area contributed by atoms with Gasteiger partial charge in [0, 0.05) is 11.3 Å². The van der Waals surface area contributed by atoms with E-state index in [2.05, 4.69) is 5.32 Å². The summed E-state index contributed by atoms with van der Waals surface area (Å²) in [6.07, 6.45) is 0.952. The third-order valence-electron chi connectivity index (χ3n) is 3.66. The topological polar surface area (TPSA) is 64.6 Å². The Morgan fingerprint density at radius 1 is 1.39 bits per heavy atom. The number of esters is 1. The number of ether oxygens (including phenoxy) is 2. The quantitative estimate of drug-likeness (QED) is 0.853. The van der Waals surface area contributed by atoms with Crippen LogP contribution in [0.25, 0.3) is 0 Å². The molecule has 1 amide bonds. The summed E-state index contributed by atoms with van der Waals surface area (Å²) in [5, 5.41) is 4.85. The zero-order valence-electron chi connectivity index (χ0n) is 12.7. The van der Waals surface area contributed by atoms with E-state index in [1.807, 2.05) is 17.5 Å². The second kappa shape index (κ2) is 6.83. The summed E-state index contributed by atoms with van der Waals surface area (Å²) >= 11 is 1.57. The molecule has 3 rings (SSSR count). The van der Waals surface area contributed by atoms with E-state index >= 15 is 0 Å². The van der Waals surface area contributed by atoms with Crippen molar-refractivity contribution in [3.8, 4) is 5.75 Å². The highest BCUT2D eigenvalue weighted by atomic mass is 32.1. The van der Waals surface area contributed by atoms with Crippen molar-refractivity contribution in [2.45, 2.75) is 18.9 Å². The number of rotatable bonds is 5. The van der Waals surface area contributed by atoms with Crippen LogP contribution in [-0.2, 0) is 22.4 Å². The average Bonchev–Trinajstić information content (AvgIpc) is 3.20. The Morgan fingerprint density at radius 2 is 2.26 bits per heavy atom. The molecule has 1 atom stereocenters. The van der Waals surface area contributed by atoms with Gasteiger partial charge >= 0.3 is 5.97 Å². The molecule has 120 valence electrons. The fourth-order valence-electron chi connectivity index (χ4n) is 2.54. The molecule has 0 fully saturated rings. The van der Waals surface area contributed by atoms with Gasteiger partial charge in [0.15, 0.2) is 0 Å². The standard InChI is InChI=1S/C17H17NO4S/c1-21-17(20)11-4-5-15-12(7-11)8-13(22-15)10-18-16(19)9-14-3-2-6-23-14/h2-7,13H,8-10H2,1H3,(H,18,19). The van der Waals surface area contributed by atoms with Gasteiger partial charge in [-0.25, -0.2) is 4.79 Å². The zero-order valence-corrected chi connectivity index (χ0v) is 13.5. The summed E-state index contributed by atoms with van der Waals surface area (Å²) in [6.45, 7) is 0.451. The Hall–Kier alpha value is -2.34. The van der Waals surface area contributed by atoms with Crippen molar-refractivity contribution >= 4 is 23.2 Å². The van der Waals surface area contributed by atoms with E-state index in [1.54, 1.807) is 29.5 Å². The van der Waals surface area contributed by atoms with Crippen molar-refractivity contribution < 1.29 is 19.1 Å². The average molecular weight is 331 g/mol. The summed E-state index contributed by atoms with van der Waals surface area (Å²) in [7, 11) is 1.36. The molecule has 0 aliphatic carbocycles. The molecule has 1 aromatic heterocycles. The Balaban J connectivity index is 1.53. The number of benzene rings is 1. The summed E-state index contributed by atoms with van der Waals surface area (Å²) in [5.41, 5.74) is 1.47. The van der Waals surface area contributed by atoms with Crippen LogP contribution < -0.4 is 10.1 Å². The molecule has 1 aliphatic rings. The molecule has 0 saturated heterocycles. The molecule has 0 bridgehead atoms. The van der Waals surface area contributed by atoms with Crippen LogP contribution in [0.3, 0.4) is 0 Å². The van der Waals surface area contributed by atoms with Crippen LogP contribution in [-0.4, -0.2) is 31.6 Å². The Bertz CT molecular complexity index is 711. The highest BCUT2D eigenvalue weighted by Gasteiger charge is 2.24. The van der Waals surface area contributed by atoms with Gasteiger partial charge in [0.1, 0.15) is 11.9 Å². The first kappa shape index (κ1) is 15.6. The van der Waals surface area contributed by atoms with Crippen LogP contribution in [0, 0.1) is 0 Å². The minimum atomic E-state index is -0.361. The number of carbonyl (C=O) groups excluding carboxylic acids is 2. The fraction of sp³-hybridized carbons (Fsp3) is 0.294. The third-order valence-corrected chi connectivity index (χ3v) is 4.54. The second-order valence-electron chi connectivity index (χ2n) is 5.32. The van der Waals surface area contributed by atoms with E-state index in [9.17, 15) is 9.59 Å². The number of amides is 1. The van der Waals surface area contributed by atoms with E-state index in [-0.39, 0.29) is 18.0 Å². The number of methoxy groups -OCH3 is 1. The molecule has 0 saturated carbocycles. The molecule has 1 unspecified atom stereocenters. The number of hydrogen-bond acceptors (Lipinski definition) is 5. The van der Waals surface area contributed by atoms with Gasteiger partial charge in [-0.2, -0.15) is 0 Å². The van der Waals surface area contributed by atoms with Gasteiger partial charge in [0.05, 0.1) is 25.6 Å². The molecule has 0 radical (unpaired) electrons. The lowest BCUT2D eigenvalue weighted by Crippen LogP contribution is -2.35. The van der Waals surface area contributed by atoms with E-state index < -0.39 is 0 Å². The predicted molar refractivity (Wildman–Crippen MR) is 86.9 cm³/mol. The van der Waals surface area contributed by atoms with Crippen molar-refractivity contribution in [2.24, 2.45) is 0 Å². The first-order chi connectivity index (χ1) is 11.2. The monoisotopic (exact) mass is 331 g/mol. The smallest absolute Gasteiger partial charge is 0.337 e. The number of carbonyl (C=O) groups is 2. The molecular formula is C17H17NO4S. The lowest BCUT2D eigenvalue weighted by Gasteiger charge is -2.11. The van der Waals surface area contributed by atoms with Crippen molar-refractivity contribution in [3.05, 3.63) is 51.7 Å². The fourth-order valence-corrected chi connectivity index (χ4v) is 3.24. The van der Waals surface area contributed by atoms with Crippen LogP contribution in [0.5, 0.6) is 5.75 Å². The summed E-state index contributed by atoms with van der Waals surface area (Å²) in [4.78, 5) is 24.5. The van der Waals surface area contributed by atoms with Crippen molar-refractivity contribution in [3.63, 3.8) is 0 Å². The maximum absolute atomic E-state index is 11.9. The molecule has 6 heteroatoms. The van der Waals surface area contributed by atoms with Gasteiger partial charge in [-0.1, -0.05) is 6.07 Å². The predicted octanol–water partition coefficient (Wildman–Crippen LogP) is 2.20. The Morgan fingerprint density at radius 3 is 3.00 bits per heavy atom. The zero-order chi connectivity index (χ0) is 16.2. The molecule has 5 nitrogen and oxygen atoms in total. The normalized spacial score (nSPS) is 15.6. The Kier molecular flexibility index (Phi) is 4.62. The SMILES string of the molecule is COC(=O)c1ccc2c(c1)CC(CNC(=O)Cc1cccs1)O2. The molecule has 1 N–H and O–H groups in total. The molecule has 2 aromatic rings. The van der Waals surface area contributed by atoms with Crippen molar-refractivity contribution in [1.82, 2.24) is 5.32 Å². The first-order valence-electron chi connectivity index (χ1n) is 7.32. The maximum atomic E-state index is 11.9. The van der Waals surface area contributed by atoms with Gasteiger partial charge in [0.25, 0.3) is 0 Å². The minimum Gasteiger partial charge on any atom is -0.488 e. The van der Waals surface area contributed by atoms with E-state index in [4.69, 9.17) is 9.47 Å². The molecular weight excluding hydrogens is 314 g/mol. The molecule has 0 spiro atoms.